The van der Waals surface area contributed by atoms with Gasteiger partial charge in [0.25, 0.3) is 5.82 Å². The van der Waals surface area contributed by atoms with Crippen LogP contribution in [-0.4, -0.2) is 4.57 Å². The lowest BCUT2D eigenvalue weighted by Gasteiger charge is -2.43. The third-order valence-corrected chi connectivity index (χ3v) is 10.6. The Bertz CT molecular complexity index is 1520. The number of rotatable bonds is 4. The molecule has 2 nitrogen and oxygen atoms in total. The smallest absolute Gasteiger partial charge is 0.192 e. The Balaban J connectivity index is 1.66. The molecular formula is C37H43N2+. The van der Waals surface area contributed by atoms with Gasteiger partial charge in [-0.25, -0.2) is 0 Å². The van der Waals surface area contributed by atoms with Gasteiger partial charge in [0.15, 0.2) is 11.4 Å². The van der Waals surface area contributed by atoms with Crippen LogP contribution in [0.1, 0.15) is 91.4 Å². The minimum atomic E-state index is 0.0941. The number of benzene rings is 3. The number of aromatic nitrogens is 2. The molecule has 0 spiro atoms. The lowest BCUT2D eigenvalue weighted by Crippen LogP contribution is -2.45. The molecule has 0 amide bonds. The number of para-hydroxylation sites is 2. The number of hydrogen-bond donors (Lipinski definition) is 0. The van der Waals surface area contributed by atoms with Crippen molar-refractivity contribution in [2.24, 2.45) is 11.8 Å². The van der Waals surface area contributed by atoms with Gasteiger partial charge in [-0.3, -0.25) is 0 Å². The predicted octanol–water partition coefficient (Wildman–Crippen LogP) is 9.02. The molecule has 2 saturated carbocycles. The maximum absolute atomic E-state index is 2.75. The van der Waals surface area contributed by atoms with Crippen LogP contribution >= 0.6 is 0 Å². The van der Waals surface area contributed by atoms with Crippen molar-refractivity contribution >= 4 is 0 Å². The fraction of sp³-hybridized carbons (Fsp3) is 0.432. The molecule has 2 fully saturated rings. The topological polar surface area (TPSA) is 8.81 Å². The highest BCUT2D eigenvalue weighted by molar-refractivity contribution is 5.69. The zero-order valence-electron chi connectivity index (χ0n) is 24.3. The first-order chi connectivity index (χ1) is 19.0. The average Bonchev–Trinajstić information content (AvgIpc) is 3.66. The van der Waals surface area contributed by atoms with Gasteiger partial charge in [0, 0.05) is 12.5 Å². The molecule has 1 atom stereocenters. The summed E-state index contributed by atoms with van der Waals surface area (Å²) in [6.45, 7) is 9.31. The monoisotopic (exact) mass is 515 g/mol. The largest absolute Gasteiger partial charge is 0.300 e. The molecule has 39 heavy (non-hydrogen) atoms. The number of fused-ring (bicyclic) bond motifs is 3. The molecule has 2 aliphatic carbocycles. The van der Waals surface area contributed by atoms with Crippen molar-refractivity contribution in [2.75, 3.05) is 0 Å². The van der Waals surface area contributed by atoms with Crippen molar-refractivity contribution in [1.82, 2.24) is 4.57 Å². The van der Waals surface area contributed by atoms with E-state index in [2.05, 4.69) is 104 Å². The summed E-state index contributed by atoms with van der Waals surface area (Å²) in [4.78, 5) is 0. The van der Waals surface area contributed by atoms with Gasteiger partial charge in [-0.2, -0.15) is 9.13 Å². The molecule has 0 N–H and O–H groups in total. The van der Waals surface area contributed by atoms with Crippen LogP contribution in [0.3, 0.4) is 0 Å². The second-order valence-electron chi connectivity index (χ2n) is 12.7. The van der Waals surface area contributed by atoms with Gasteiger partial charge in [0.2, 0.25) is 0 Å². The second kappa shape index (κ2) is 9.51. The van der Waals surface area contributed by atoms with Crippen LogP contribution in [0.2, 0.25) is 0 Å². The van der Waals surface area contributed by atoms with E-state index in [1.807, 2.05) is 0 Å². The third-order valence-electron chi connectivity index (χ3n) is 10.6. The van der Waals surface area contributed by atoms with Crippen molar-refractivity contribution < 1.29 is 4.57 Å². The van der Waals surface area contributed by atoms with Crippen molar-refractivity contribution in [3.8, 4) is 22.8 Å². The molecule has 1 unspecified atom stereocenters. The van der Waals surface area contributed by atoms with E-state index in [0.717, 1.165) is 0 Å². The zero-order chi connectivity index (χ0) is 26.7. The minimum Gasteiger partial charge on any atom is -0.192 e. The Morgan fingerprint density at radius 1 is 0.641 bits per heavy atom. The molecule has 1 aliphatic heterocycles. The summed E-state index contributed by atoms with van der Waals surface area (Å²) in [5.41, 5.74) is 12.9. The Kier molecular flexibility index (Phi) is 6.06. The molecule has 7 rings (SSSR count). The standard InChI is InChI=1S/C37H43N2/c1-25-15-8-12-23-32(25)38-28(4)35-37(30-20-9-10-21-30,29-18-6-5-7-19-29)31-22-11-13-24-33(31)39(35)36(38)34-26(2)16-14-17-27(34)3/h8,11-17,22-24,29-30H,5-7,9-10,18-21H2,1-4H3/q+1. The molecular weight excluding hydrogens is 472 g/mol. The molecule has 0 bridgehead atoms. The van der Waals surface area contributed by atoms with E-state index in [9.17, 15) is 0 Å². The van der Waals surface area contributed by atoms with Gasteiger partial charge in [-0.05, 0) is 87.1 Å². The Morgan fingerprint density at radius 2 is 1.21 bits per heavy atom. The summed E-state index contributed by atoms with van der Waals surface area (Å²) in [6.07, 6.45) is 12.3. The van der Waals surface area contributed by atoms with Gasteiger partial charge in [0.05, 0.1) is 11.0 Å². The molecule has 2 heteroatoms. The zero-order valence-corrected chi connectivity index (χ0v) is 24.3. The third kappa shape index (κ3) is 3.49. The van der Waals surface area contributed by atoms with Crippen molar-refractivity contribution in [3.05, 3.63) is 100 Å². The van der Waals surface area contributed by atoms with Gasteiger partial charge in [0.1, 0.15) is 11.4 Å². The van der Waals surface area contributed by atoms with Gasteiger partial charge in [-0.1, -0.05) is 86.7 Å². The number of nitrogens with zero attached hydrogens (tertiary/aromatic N) is 2. The fourth-order valence-corrected chi connectivity index (χ4v) is 9.10. The van der Waals surface area contributed by atoms with E-state index >= 15 is 0 Å². The van der Waals surface area contributed by atoms with E-state index in [-0.39, 0.29) is 5.41 Å². The highest BCUT2D eigenvalue weighted by Gasteiger charge is 2.60. The normalized spacial score (nSPS) is 21.3. The van der Waals surface area contributed by atoms with E-state index in [1.165, 1.54) is 103 Å². The first-order valence-corrected chi connectivity index (χ1v) is 15.5. The molecule has 4 aromatic rings. The summed E-state index contributed by atoms with van der Waals surface area (Å²) in [5, 5.41) is 0. The molecule has 0 radical (unpaired) electrons. The molecule has 3 aliphatic rings. The maximum atomic E-state index is 2.75. The van der Waals surface area contributed by atoms with Crippen LogP contribution < -0.4 is 4.57 Å². The number of hydrogen-bond acceptors (Lipinski definition) is 0. The molecule has 0 saturated heterocycles. The van der Waals surface area contributed by atoms with Gasteiger partial charge < -0.3 is 0 Å². The first kappa shape index (κ1) is 24.9. The molecule has 3 aromatic carbocycles. The molecule has 1 aromatic heterocycles. The molecule has 200 valence electrons. The number of imidazole rings is 1. The Morgan fingerprint density at radius 3 is 1.87 bits per heavy atom. The van der Waals surface area contributed by atoms with Crippen molar-refractivity contribution in [3.63, 3.8) is 0 Å². The average molecular weight is 516 g/mol. The SMILES string of the molecule is Cc1ccccc1-n1c(C)c2[n+](c1-c1c(C)cccc1C)-c1ccccc1C2(C1CCCCC1)C1CCCC1. The Hall–Kier alpha value is -3.13. The van der Waals surface area contributed by atoms with E-state index in [0.29, 0.717) is 11.8 Å². The lowest BCUT2D eigenvalue weighted by molar-refractivity contribution is -0.588. The van der Waals surface area contributed by atoms with Crippen molar-refractivity contribution in [2.45, 2.75) is 90.9 Å². The van der Waals surface area contributed by atoms with Crippen LogP contribution in [-0.2, 0) is 5.41 Å². The van der Waals surface area contributed by atoms with Gasteiger partial charge >= 0.3 is 0 Å². The summed E-state index contributed by atoms with van der Waals surface area (Å²) in [5.74, 6) is 2.77. The van der Waals surface area contributed by atoms with Crippen LogP contribution in [0.5, 0.6) is 0 Å². The highest BCUT2D eigenvalue weighted by atomic mass is 15.2. The fourth-order valence-electron chi connectivity index (χ4n) is 9.10. The summed E-state index contributed by atoms with van der Waals surface area (Å²) in [6, 6.07) is 25.3. The second-order valence-corrected chi connectivity index (χ2v) is 12.7. The predicted molar refractivity (Wildman–Crippen MR) is 161 cm³/mol. The quantitative estimate of drug-likeness (QED) is 0.240. The van der Waals surface area contributed by atoms with Crippen LogP contribution in [0.4, 0.5) is 0 Å². The minimum absolute atomic E-state index is 0.0941. The van der Waals surface area contributed by atoms with E-state index in [1.54, 1.807) is 11.3 Å². The highest BCUT2D eigenvalue weighted by Crippen LogP contribution is 2.59. The Labute approximate surface area is 234 Å². The summed E-state index contributed by atoms with van der Waals surface area (Å²) >= 11 is 0. The van der Waals surface area contributed by atoms with Crippen LogP contribution in [0, 0.1) is 39.5 Å². The molecule has 2 heterocycles. The summed E-state index contributed by atoms with van der Waals surface area (Å²) < 4.78 is 5.39. The lowest BCUT2D eigenvalue weighted by atomic mass is 9.57. The summed E-state index contributed by atoms with van der Waals surface area (Å²) in [7, 11) is 0. The van der Waals surface area contributed by atoms with Crippen molar-refractivity contribution in [1.29, 1.82) is 0 Å². The van der Waals surface area contributed by atoms with E-state index in [4.69, 9.17) is 0 Å². The van der Waals surface area contributed by atoms with Gasteiger partial charge in [-0.15, -0.1) is 0 Å². The first-order valence-electron chi connectivity index (χ1n) is 15.5. The van der Waals surface area contributed by atoms with Crippen LogP contribution in [0.25, 0.3) is 22.8 Å². The number of aryl methyl sites for hydroxylation is 3. The maximum Gasteiger partial charge on any atom is 0.300 e. The van der Waals surface area contributed by atoms with Crippen LogP contribution in [0.15, 0.2) is 66.7 Å². The van der Waals surface area contributed by atoms with E-state index < -0.39 is 0 Å².